The van der Waals surface area contributed by atoms with Crippen molar-refractivity contribution in [3.8, 4) is 5.69 Å². The topological polar surface area (TPSA) is 21.1 Å². The molecular weight excluding hydrogens is 1070 g/mol. The van der Waals surface area contributed by atoms with E-state index in [9.17, 15) is 0 Å². The van der Waals surface area contributed by atoms with E-state index in [-0.39, 0.29) is 0 Å². The molecule has 6 heteroatoms. The van der Waals surface area contributed by atoms with E-state index in [1.54, 1.807) is 0 Å². The largest absolute Gasteiger partial charge is 0.311 e. The Hall–Kier alpha value is -11.9. The first-order valence-electron chi connectivity index (χ1n) is 29.9. The molecule has 88 heavy (non-hydrogen) atoms. The van der Waals surface area contributed by atoms with Gasteiger partial charge in [-0.05, 0) is 193 Å². The van der Waals surface area contributed by atoms with E-state index >= 15 is 0 Å². The summed E-state index contributed by atoms with van der Waals surface area (Å²) in [7, 11) is 0. The van der Waals surface area contributed by atoms with Gasteiger partial charge in [0, 0.05) is 101 Å². The zero-order valence-corrected chi connectivity index (χ0v) is 48.3. The molecule has 0 fully saturated rings. The lowest BCUT2D eigenvalue weighted by molar-refractivity contribution is 1.17. The van der Waals surface area contributed by atoms with Crippen LogP contribution in [0.25, 0.3) is 38.3 Å². The predicted molar refractivity (Wildman–Crippen MR) is 372 cm³/mol. The summed E-state index contributed by atoms with van der Waals surface area (Å²) in [6.07, 6.45) is 0. The van der Waals surface area contributed by atoms with Gasteiger partial charge in [-0.1, -0.05) is 176 Å². The molecule has 1 heterocycles. The summed E-state index contributed by atoms with van der Waals surface area (Å²) in [5.41, 5.74) is 19.2. The van der Waals surface area contributed by atoms with Crippen molar-refractivity contribution in [2.24, 2.45) is 0 Å². The van der Waals surface area contributed by atoms with Crippen LogP contribution in [0, 0.1) is 0 Å². The highest BCUT2D eigenvalue weighted by Gasteiger charge is 2.23. The van der Waals surface area contributed by atoms with Gasteiger partial charge in [0.15, 0.2) is 0 Å². The summed E-state index contributed by atoms with van der Waals surface area (Å²) in [4.78, 5) is 11.7. The summed E-state index contributed by atoms with van der Waals surface area (Å²) >= 11 is 0. The summed E-state index contributed by atoms with van der Waals surface area (Å²) in [6, 6.07) is 131. The van der Waals surface area contributed by atoms with Gasteiger partial charge < -0.3 is 29.1 Å². The van der Waals surface area contributed by atoms with Crippen molar-refractivity contribution in [3.63, 3.8) is 0 Å². The molecule has 14 aromatic carbocycles. The monoisotopic (exact) mass is 1130 g/mol. The van der Waals surface area contributed by atoms with Crippen molar-refractivity contribution in [2.75, 3.05) is 24.5 Å². The van der Waals surface area contributed by atoms with Crippen LogP contribution in [0.5, 0.6) is 0 Å². The minimum atomic E-state index is 1.03. The summed E-state index contributed by atoms with van der Waals surface area (Å²) < 4.78 is 2.46. The summed E-state index contributed by atoms with van der Waals surface area (Å²) in [5.74, 6) is 0. The van der Waals surface area contributed by atoms with E-state index < -0.39 is 0 Å². The van der Waals surface area contributed by atoms with E-state index in [1.807, 2.05) is 0 Å². The van der Waals surface area contributed by atoms with Gasteiger partial charge in [-0.15, -0.1) is 0 Å². The first-order chi connectivity index (χ1) is 43.7. The minimum Gasteiger partial charge on any atom is -0.311 e. The molecule has 15 rings (SSSR count). The lowest BCUT2D eigenvalue weighted by atomic mass is 10.1. The second kappa shape index (κ2) is 23.7. The van der Waals surface area contributed by atoms with E-state index in [1.165, 1.54) is 10.8 Å². The molecule has 0 atom stereocenters. The SMILES string of the molecule is c1ccc(N(c2ccccc2)c2ccc(N(c3ccccc3)c3ccc4c5ccc(N(c6ccccc6)c6ccc(N(c7ccccc7)c7ccccc7)cc6)cc5n(-c5ccc(N(c6ccccc6)c6cccc7ccccc67)cc5)c4c3)cc2)cc1. The van der Waals surface area contributed by atoms with Gasteiger partial charge in [-0.3, -0.25) is 0 Å². The quantitative estimate of drug-likeness (QED) is 0.0958. The van der Waals surface area contributed by atoms with Gasteiger partial charge in [0.2, 0.25) is 0 Å². The van der Waals surface area contributed by atoms with Crippen molar-refractivity contribution in [2.45, 2.75) is 0 Å². The first kappa shape index (κ1) is 52.9. The Balaban J connectivity index is 0.898. The number of rotatable bonds is 16. The number of anilines is 15. The fraction of sp³-hybridized carbons (Fsp3) is 0. The van der Waals surface area contributed by atoms with E-state index in [0.29, 0.717) is 0 Å². The van der Waals surface area contributed by atoms with Crippen molar-refractivity contribution >= 4 is 118 Å². The molecule has 0 radical (unpaired) electrons. The van der Waals surface area contributed by atoms with Gasteiger partial charge >= 0.3 is 0 Å². The predicted octanol–water partition coefficient (Wildman–Crippen LogP) is 23.3. The van der Waals surface area contributed by atoms with Crippen molar-refractivity contribution in [1.29, 1.82) is 0 Å². The molecule has 0 aliphatic carbocycles. The average Bonchev–Trinajstić information content (AvgIpc) is 1.96. The van der Waals surface area contributed by atoms with Crippen LogP contribution in [0.3, 0.4) is 0 Å². The van der Waals surface area contributed by atoms with Gasteiger partial charge in [0.1, 0.15) is 0 Å². The van der Waals surface area contributed by atoms with Crippen LogP contribution in [-0.4, -0.2) is 4.57 Å². The van der Waals surface area contributed by atoms with Crippen molar-refractivity contribution < 1.29 is 0 Å². The van der Waals surface area contributed by atoms with E-state index in [2.05, 4.69) is 393 Å². The zero-order chi connectivity index (χ0) is 58.6. The van der Waals surface area contributed by atoms with E-state index in [4.69, 9.17) is 0 Å². The molecule has 0 saturated carbocycles. The molecule has 0 bridgehead atoms. The molecule has 1 aromatic heterocycles. The Kier molecular flexibility index (Phi) is 14.2. The molecule has 15 aromatic rings. The number of nitrogens with zero attached hydrogens (tertiary/aromatic N) is 6. The average molecular weight is 1130 g/mol. The van der Waals surface area contributed by atoms with Crippen LogP contribution in [0.1, 0.15) is 0 Å². The molecule has 6 nitrogen and oxygen atoms in total. The third-order valence-electron chi connectivity index (χ3n) is 16.5. The van der Waals surface area contributed by atoms with Crippen LogP contribution in [0.15, 0.2) is 364 Å². The molecule has 0 aliphatic rings. The van der Waals surface area contributed by atoms with Crippen LogP contribution in [-0.2, 0) is 0 Å². The Morgan fingerprint density at radius 1 is 0.170 bits per heavy atom. The maximum absolute atomic E-state index is 2.46. The van der Waals surface area contributed by atoms with E-state index in [0.717, 1.165) is 113 Å². The van der Waals surface area contributed by atoms with Crippen molar-refractivity contribution in [1.82, 2.24) is 4.57 Å². The molecule has 0 amide bonds. The number of para-hydroxylation sites is 7. The van der Waals surface area contributed by atoms with Gasteiger partial charge in [0.05, 0.1) is 16.7 Å². The molecule has 0 unspecified atom stereocenters. The maximum atomic E-state index is 2.46. The Bertz CT molecular complexity index is 4500. The molecule has 0 saturated heterocycles. The lowest BCUT2D eigenvalue weighted by Crippen LogP contribution is -2.12. The van der Waals surface area contributed by atoms with Gasteiger partial charge in [-0.25, -0.2) is 0 Å². The van der Waals surface area contributed by atoms with Crippen LogP contribution < -0.4 is 24.5 Å². The second-order valence-corrected chi connectivity index (χ2v) is 21.8. The molecule has 418 valence electrons. The molecule has 0 N–H and O–H groups in total. The van der Waals surface area contributed by atoms with Gasteiger partial charge in [-0.2, -0.15) is 0 Å². The minimum absolute atomic E-state index is 1.03. The molecule has 0 spiro atoms. The molecular formula is C82H60N6. The third-order valence-corrected chi connectivity index (χ3v) is 16.5. The van der Waals surface area contributed by atoms with Crippen LogP contribution >= 0.6 is 0 Å². The Morgan fingerprint density at radius 3 is 0.773 bits per heavy atom. The first-order valence-corrected chi connectivity index (χ1v) is 29.9. The highest BCUT2D eigenvalue weighted by molar-refractivity contribution is 6.12. The van der Waals surface area contributed by atoms with Crippen LogP contribution in [0.4, 0.5) is 85.3 Å². The highest BCUT2D eigenvalue weighted by atomic mass is 15.2. The summed E-state index contributed by atoms with van der Waals surface area (Å²) in [5, 5.41) is 4.68. The Labute approximate surface area is 513 Å². The number of hydrogen-bond donors (Lipinski definition) is 0. The van der Waals surface area contributed by atoms with Crippen LogP contribution in [0.2, 0.25) is 0 Å². The number of benzene rings is 14. The third kappa shape index (κ3) is 10.2. The van der Waals surface area contributed by atoms with Crippen molar-refractivity contribution in [3.05, 3.63) is 364 Å². The zero-order valence-electron chi connectivity index (χ0n) is 48.3. The fourth-order valence-corrected chi connectivity index (χ4v) is 12.5. The van der Waals surface area contributed by atoms with Gasteiger partial charge in [0.25, 0.3) is 0 Å². The normalized spacial score (nSPS) is 11.2. The highest BCUT2D eigenvalue weighted by Crippen LogP contribution is 2.46. The number of aromatic nitrogens is 1. The lowest BCUT2D eigenvalue weighted by Gasteiger charge is -2.28. The molecule has 0 aliphatic heterocycles. The standard InChI is InChI=1S/C82H60N6/c1-8-27-62(28-9-1)83(63-29-10-2-11-30-63)69-43-47-71(48-44-69)85(66-35-16-5-17-36-66)75-55-57-78-79-58-56-76(86(67-37-18-6-19-38-67)72-49-45-70(46-50-72)84(64-31-12-3-13-32-64)65-33-14-4-15-34-65)60-82(79)88(81(78)59-75)74-53-51-73(52-54-74)87(68-39-20-7-21-40-68)80-42-24-26-61-25-22-23-41-77(61)80/h1-60H. The summed E-state index contributed by atoms with van der Waals surface area (Å²) in [6.45, 7) is 0. The number of fused-ring (bicyclic) bond motifs is 4. The fourth-order valence-electron chi connectivity index (χ4n) is 12.5. The Morgan fingerprint density at radius 2 is 0.420 bits per heavy atom. The smallest absolute Gasteiger partial charge is 0.0561 e. The maximum Gasteiger partial charge on any atom is 0.0561 e. The number of hydrogen-bond acceptors (Lipinski definition) is 5. The second-order valence-electron chi connectivity index (χ2n) is 21.8.